The first-order valence-corrected chi connectivity index (χ1v) is 12.6. The van der Waals surface area contributed by atoms with Crippen LogP contribution in [0.3, 0.4) is 0 Å². The number of aromatic nitrogens is 1. The van der Waals surface area contributed by atoms with Crippen LogP contribution >= 0.6 is 0 Å². The number of fused-ring (bicyclic) bond motifs is 3. The van der Waals surface area contributed by atoms with Crippen molar-refractivity contribution < 1.29 is 22.3 Å². The minimum Gasteiger partial charge on any atom is -0.492 e. The molecule has 8 heteroatoms. The van der Waals surface area contributed by atoms with Crippen LogP contribution in [0.15, 0.2) is 42.5 Å². The van der Waals surface area contributed by atoms with E-state index in [9.17, 15) is 17.6 Å². The largest absolute Gasteiger partial charge is 0.492 e. The normalized spacial score (nSPS) is 17.6. The highest BCUT2D eigenvalue weighted by Crippen LogP contribution is 2.30. The molecule has 2 aliphatic rings. The van der Waals surface area contributed by atoms with E-state index in [1.165, 1.54) is 22.2 Å². The summed E-state index contributed by atoms with van der Waals surface area (Å²) in [6, 6.07) is 12.1. The molecule has 5 rings (SSSR count). The quantitative estimate of drug-likeness (QED) is 0.304. The number of aromatic amines is 1. The molecule has 4 nitrogen and oxygen atoms in total. The summed E-state index contributed by atoms with van der Waals surface area (Å²) in [5, 5.41) is 1.35. The summed E-state index contributed by atoms with van der Waals surface area (Å²) in [5.74, 6) is -0.977. The molecule has 0 amide bonds. The van der Waals surface area contributed by atoms with Gasteiger partial charge in [0, 0.05) is 79.5 Å². The minimum atomic E-state index is -0.651. The molecule has 0 aliphatic carbocycles. The second-order valence-electron chi connectivity index (χ2n) is 9.43. The molecule has 1 aromatic heterocycles. The van der Waals surface area contributed by atoms with Crippen molar-refractivity contribution in [2.75, 3.05) is 46.1 Å². The van der Waals surface area contributed by atoms with Gasteiger partial charge >= 0.3 is 0 Å². The summed E-state index contributed by atoms with van der Waals surface area (Å²) < 4.78 is 55.3. The highest BCUT2D eigenvalue weighted by Gasteiger charge is 2.26. The predicted octanol–water partition coefficient (Wildman–Crippen LogP) is 5.77. The lowest BCUT2D eigenvalue weighted by atomic mass is 9.97. The van der Waals surface area contributed by atoms with Crippen LogP contribution < -0.4 is 4.74 Å². The number of ether oxygens (including phenoxy) is 1. The van der Waals surface area contributed by atoms with E-state index in [1.807, 2.05) is 4.90 Å². The molecule has 0 unspecified atom stereocenters. The Morgan fingerprint density at radius 3 is 2.41 bits per heavy atom. The van der Waals surface area contributed by atoms with Gasteiger partial charge in [-0.2, -0.15) is 0 Å². The van der Waals surface area contributed by atoms with Crippen molar-refractivity contribution in [1.29, 1.82) is 0 Å². The van der Waals surface area contributed by atoms with E-state index in [0.717, 1.165) is 50.8 Å². The van der Waals surface area contributed by atoms with Crippen LogP contribution in [-0.2, 0) is 13.0 Å². The van der Waals surface area contributed by atoms with Gasteiger partial charge in [-0.1, -0.05) is 18.2 Å². The zero-order valence-corrected chi connectivity index (χ0v) is 21.2. The van der Waals surface area contributed by atoms with Crippen LogP contribution in [0.5, 0.6) is 5.75 Å². The van der Waals surface area contributed by atoms with Gasteiger partial charge in [-0.05, 0) is 31.4 Å². The van der Waals surface area contributed by atoms with E-state index in [-0.39, 0.29) is 25.0 Å². The van der Waals surface area contributed by atoms with Crippen molar-refractivity contribution >= 4 is 10.9 Å². The van der Waals surface area contributed by atoms with Crippen LogP contribution in [0.4, 0.5) is 17.6 Å². The molecule has 0 saturated carbocycles. The van der Waals surface area contributed by atoms with Crippen LogP contribution in [0.1, 0.15) is 24.6 Å². The Bertz CT molecular complexity index is 1120. The number of alkyl halides is 2. The van der Waals surface area contributed by atoms with Gasteiger partial charge in [-0.3, -0.25) is 18.6 Å². The SMILES string of the molecule is C#C.C[C@@H]1Cc2c([nH]c3ccccc23)CN1CCCF.FCC1CN(CCOc2cc(F)cc(F)c2)C1. The molecule has 1 N–H and O–H groups in total. The summed E-state index contributed by atoms with van der Waals surface area (Å²) in [6.45, 7) is 5.97. The lowest BCUT2D eigenvalue weighted by Crippen LogP contribution is -2.49. The van der Waals surface area contributed by atoms with E-state index in [0.29, 0.717) is 25.6 Å². The molecule has 0 spiro atoms. The second kappa shape index (κ2) is 14.1. The first kappa shape index (κ1) is 28.5. The van der Waals surface area contributed by atoms with E-state index in [1.54, 1.807) is 0 Å². The Kier molecular flexibility index (Phi) is 10.8. The molecular formula is C29H35F4N3O. The van der Waals surface area contributed by atoms with Gasteiger partial charge in [-0.25, -0.2) is 8.78 Å². The highest BCUT2D eigenvalue weighted by atomic mass is 19.1. The topological polar surface area (TPSA) is 31.5 Å². The Labute approximate surface area is 216 Å². The van der Waals surface area contributed by atoms with Crippen LogP contribution in [0.25, 0.3) is 10.9 Å². The molecule has 0 radical (unpaired) electrons. The van der Waals surface area contributed by atoms with Crippen molar-refractivity contribution in [3.8, 4) is 18.6 Å². The Balaban J connectivity index is 0.000000193. The zero-order chi connectivity index (χ0) is 26.8. The van der Waals surface area contributed by atoms with Crippen molar-refractivity contribution in [1.82, 2.24) is 14.8 Å². The lowest BCUT2D eigenvalue weighted by Gasteiger charge is -2.37. The number of nitrogens with zero attached hydrogens (tertiary/aromatic N) is 2. The molecule has 3 heterocycles. The van der Waals surface area contributed by atoms with Gasteiger partial charge in [0.05, 0.1) is 13.3 Å². The van der Waals surface area contributed by atoms with E-state index < -0.39 is 11.6 Å². The number of H-pyrrole nitrogens is 1. The van der Waals surface area contributed by atoms with Gasteiger partial charge in [0.2, 0.25) is 0 Å². The zero-order valence-electron chi connectivity index (χ0n) is 21.2. The predicted molar refractivity (Wildman–Crippen MR) is 140 cm³/mol. The van der Waals surface area contributed by atoms with Crippen molar-refractivity contribution in [3.05, 3.63) is 65.4 Å². The third kappa shape index (κ3) is 7.73. The average molecular weight is 518 g/mol. The average Bonchev–Trinajstić information content (AvgIpc) is 3.22. The van der Waals surface area contributed by atoms with Gasteiger partial charge in [-0.15, -0.1) is 12.8 Å². The minimum absolute atomic E-state index is 0.140. The van der Waals surface area contributed by atoms with E-state index >= 15 is 0 Å². The van der Waals surface area contributed by atoms with Gasteiger partial charge < -0.3 is 9.72 Å². The fraction of sp³-hybridized carbons (Fsp3) is 0.448. The molecule has 1 saturated heterocycles. The smallest absolute Gasteiger partial charge is 0.129 e. The fourth-order valence-corrected chi connectivity index (χ4v) is 4.83. The van der Waals surface area contributed by atoms with Crippen molar-refractivity contribution in [2.45, 2.75) is 32.4 Å². The monoisotopic (exact) mass is 517 g/mol. The van der Waals surface area contributed by atoms with E-state index in [2.05, 4.69) is 53.9 Å². The van der Waals surface area contributed by atoms with E-state index in [4.69, 9.17) is 4.74 Å². The molecule has 37 heavy (non-hydrogen) atoms. The first-order chi connectivity index (χ1) is 18.0. The number of likely N-dealkylation sites (tertiary alicyclic amines) is 1. The van der Waals surface area contributed by atoms with Crippen LogP contribution in [0.2, 0.25) is 0 Å². The van der Waals surface area contributed by atoms with Crippen molar-refractivity contribution in [2.24, 2.45) is 5.92 Å². The molecule has 2 aliphatic heterocycles. The maximum Gasteiger partial charge on any atom is 0.129 e. The Morgan fingerprint density at radius 1 is 1.03 bits per heavy atom. The van der Waals surface area contributed by atoms with Crippen LogP contribution in [-0.4, -0.2) is 67.0 Å². The standard InChI is InChI=1S/C15H19FN2.C12H14F3NO.C2H2/c1-11-9-13-12-5-2-3-6-14(12)17-15(13)10-18(11)8-4-7-16;13-6-9-7-16(8-9)1-2-17-12-4-10(14)3-11(15)5-12;1-2/h2-3,5-6,11,17H,4,7-10H2,1H3;3-5,9H,1-2,6-8H2;1-2H/t11-;;/m1../s1. The molecule has 2 aromatic carbocycles. The van der Waals surface area contributed by atoms with Gasteiger partial charge in [0.15, 0.2) is 0 Å². The maximum absolute atomic E-state index is 12.8. The molecule has 0 bridgehead atoms. The van der Waals surface area contributed by atoms with Gasteiger partial charge in [0.25, 0.3) is 0 Å². The third-order valence-electron chi connectivity index (χ3n) is 6.73. The highest BCUT2D eigenvalue weighted by molar-refractivity contribution is 5.84. The molecular weight excluding hydrogens is 482 g/mol. The number of hydrogen-bond acceptors (Lipinski definition) is 3. The summed E-state index contributed by atoms with van der Waals surface area (Å²) in [5.41, 5.74) is 3.99. The number of hydrogen-bond donors (Lipinski definition) is 1. The second-order valence-corrected chi connectivity index (χ2v) is 9.43. The number of nitrogens with one attached hydrogen (secondary N) is 1. The Morgan fingerprint density at radius 2 is 1.73 bits per heavy atom. The molecule has 1 atom stereocenters. The maximum atomic E-state index is 12.8. The van der Waals surface area contributed by atoms with Gasteiger partial charge in [0.1, 0.15) is 24.0 Å². The Hall–Kier alpha value is -3.02. The summed E-state index contributed by atoms with van der Waals surface area (Å²) in [6.07, 6.45) is 9.70. The number of halogens is 4. The van der Waals surface area contributed by atoms with Crippen LogP contribution in [0, 0.1) is 30.4 Å². The number of benzene rings is 2. The first-order valence-electron chi connectivity index (χ1n) is 12.6. The molecule has 3 aromatic rings. The number of para-hydroxylation sites is 1. The summed E-state index contributed by atoms with van der Waals surface area (Å²) in [4.78, 5) is 7.92. The third-order valence-corrected chi connectivity index (χ3v) is 6.73. The van der Waals surface area contributed by atoms with Crippen molar-refractivity contribution in [3.63, 3.8) is 0 Å². The number of terminal acetylenes is 1. The molecule has 1 fully saturated rings. The summed E-state index contributed by atoms with van der Waals surface area (Å²) in [7, 11) is 0. The fourth-order valence-electron chi connectivity index (χ4n) is 4.83. The number of rotatable bonds is 8. The molecule has 200 valence electrons. The summed E-state index contributed by atoms with van der Waals surface area (Å²) >= 11 is 0. The lowest BCUT2D eigenvalue weighted by molar-refractivity contribution is 0.0667.